The van der Waals surface area contributed by atoms with Crippen LogP contribution in [0.15, 0.2) is 6.20 Å². The van der Waals surface area contributed by atoms with Crippen molar-refractivity contribution in [2.24, 2.45) is 0 Å². The van der Waals surface area contributed by atoms with Crippen LogP contribution in [-0.4, -0.2) is 40.5 Å². The van der Waals surface area contributed by atoms with Crippen molar-refractivity contribution in [1.82, 2.24) is 25.6 Å². The fourth-order valence-corrected chi connectivity index (χ4v) is 2.30. The lowest BCUT2D eigenvalue weighted by atomic mass is 10.1. The van der Waals surface area contributed by atoms with Crippen LogP contribution in [0.1, 0.15) is 55.6 Å². The lowest BCUT2D eigenvalue weighted by Gasteiger charge is -2.22. The van der Waals surface area contributed by atoms with Crippen molar-refractivity contribution >= 4 is 5.91 Å². The predicted octanol–water partition coefficient (Wildman–Crippen LogP) is 1.12. The Kier molecular flexibility index (Phi) is 5.32. The predicted molar refractivity (Wildman–Crippen MR) is 73.0 cm³/mol. The Morgan fingerprint density at radius 3 is 3.00 bits per heavy atom. The second kappa shape index (κ2) is 7.23. The van der Waals surface area contributed by atoms with Gasteiger partial charge in [-0.1, -0.05) is 25.0 Å². The van der Waals surface area contributed by atoms with Gasteiger partial charge in [0.05, 0.1) is 12.2 Å². The molecule has 0 atom stereocenters. The Hall–Kier alpha value is -1.43. The molecule has 1 amide bonds. The van der Waals surface area contributed by atoms with E-state index in [0.29, 0.717) is 18.3 Å². The Bertz CT molecular complexity index is 397. The van der Waals surface area contributed by atoms with E-state index in [1.807, 2.05) is 4.68 Å². The number of hydrogen-bond acceptors (Lipinski definition) is 4. The van der Waals surface area contributed by atoms with E-state index in [0.717, 1.165) is 45.2 Å². The number of nitrogens with one attached hydrogen (secondary N) is 2. The molecule has 106 valence electrons. The van der Waals surface area contributed by atoms with Gasteiger partial charge in [-0.15, -0.1) is 5.10 Å². The molecule has 1 aliphatic rings. The number of hydrogen-bond donors (Lipinski definition) is 2. The number of carbonyl (C=O) groups is 1. The van der Waals surface area contributed by atoms with Gasteiger partial charge in [0.15, 0.2) is 5.69 Å². The second-order valence-corrected chi connectivity index (χ2v) is 5.03. The number of amides is 1. The van der Waals surface area contributed by atoms with Gasteiger partial charge in [0.1, 0.15) is 0 Å². The second-order valence-electron chi connectivity index (χ2n) is 5.03. The average Bonchev–Trinajstić information content (AvgIpc) is 2.94. The Balaban J connectivity index is 1.83. The smallest absolute Gasteiger partial charge is 0.273 e. The van der Waals surface area contributed by atoms with E-state index in [1.54, 1.807) is 6.20 Å². The van der Waals surface area contributed by atoms with Crippen molar-refractivity contribution in [2.75, 3.05) is 19.6 Å². The molecule has 1 aromatic rings. The first-order valence-electron chi connectivity index (χ1n) is 7.22. The largest absolute Gasteiger partial charge is 0.351 e. The van der Waals surface area contributed by atoms with Crippen LogP contribution in [0.25, 0.3) is 0 Å². The number of carbonyl (C=O) groups excluding carboxylic acids is 1. The van der Waals surface area contributed by atoms with Crippen molar-refractivity contribution in [3.05, 3.63) is 11.9 Å². The van der Waals surface area contributed by atoms with E-state index in [4.69, 9.17) is 0 Å². The highest BCUT2D eigenvalue weighted by Crippen LogP contribution is 2.16. The van der Waals surface area contributed by atoms with Gasteiger partial charge in [-0.3, -0.25) is 4.79 Å². The minimum Gasteiger partial charge on any atom is -0.351 e. The molecule has 2 rings (SSSR count). The molecule has 0 aliphatic carbocycles. The monoisotopic (exact) mass is 265 g/mol. The van der Waals surface area contributed by atoms with E-state index in [1.165, 1.54) is 0 Å². The maximum absolute atomic E-state index is 11.9. The first kappa shape index (κ1) is 14.0. The summed E-state index contributed by atoms with van der Waals surface area (Å²) in [5.41, 5.74) is 0.426. The highest BCUT2D eigenvalue weighted by Gasteiger charge is 2.18. The summed E-state index contributed by atoms with van der Waals surface area (Å²) in [6, 6.07) is 0.371. The van der Waals surface area contributed by atoms with Crippen LogP contribution >= 0.6 is 0 Å². The van der Waals surface area contributed by atoms with Crippen LogP contribution in [0.3, 0.4) is 0 Å². The maximum atomic E-state index is 11.9. The van der Waals surface area contributed by atoms with Gasteiger partial charge < -0.3 is 10.6 Å². The first-order chi connectivity index (χ1) is 9.31. The van der Waals surface area contributed by atoms with Gasteiger partial charge in [-0.25, -0.2) is 4.68 Å². The summed E-state index contributed by atoms with van der Waals surface area (Å²) in [5, 5.41) is 14.3. The molecular weight excluding hydrogens is 242 g/mol. The molecule has 1 fully saturated rings. The number of nitrogens with zero attached hydrogens (tertiary/aromatic N) is 3. The van der Waals surface area contributed by atoms with E-state index in [9.17, 15) is 4.79 Å². The van der Waals surface area contributed by atoms with Crippen molar-refractivity contribution in [2.45, 2.75) is 45.1 Å². The fraction of sp³-hybridized carbons (Fsp3) is 0.769. The molecule has 0 unspecified atom stereocenters. The molecule has 1 aromatic heterocycles. The number of unbranched alkanes of at least 4 members (excludes halogenated alkanes) is 2. The van der Waals surface area contributed by atoms with Gasteiger partial charge in [-0.05, 0) is 32.4 Å². The quantitative estimate of drug-likeness (QED) is 0.756. The van der Waals surface area contributed by atoms with Crippen LogP contribution < -0.4 is 10.6 Å². The maximum Gasteiger partial charge on any atom is 0.273 e. The first-order valence-corrected chi connectivity index (χ1v) is 7.22. The molecule has 0 spiro atoms. The molecular formula is C13H23N5O. The standard InChI is InChI=1S/C13H23N5O/c1-2-3-4-7-15-13(19)12-10-18(17-16-12)11-5-8-14-9-6-11/h10-11,14H,2-9H2,1H3,(H,15,19). The molecule has 6 nitrogen and oxygen atoms in total. The third-order valence-corrected chi connectivity index (χ3v) is 3.49. The van der Waals surface area contributed by atoms with Crippen LogP contribution in [0, 0.1) is 0 Å². The van der Waals surface area contributed by atoms with E-state index < -0.39 is 0 Å². The van der Waals surface area contributed by atoms with Crippen LogP contribution in [0.5, 0.6) is 0 Å². The summed E-state index contributed by atoms with van der Waals surface area (Å²) in [6.07, 6.45) is 7.17. The van der Waals surface area contributed by atoms with Gasteiger partial charge in [0.25, 0.3) is 5.91 Å². The van der Waals surface area contributed by atoms with E-state index >= 15 is 0 Å². The van der Waals surface area contributed by atoms with Crippen molar-refractivity contribution in [3.63, 3.8) is 0 Å². The topological polar surface area (TPSA) is 71.8 Å². The molecule has 1 saturated heterocycles. The van der Waals surface area contributed by atoms with Gasteiger partial charge in [0.2, 0.25) is 0 Å². The molecule has 2 N–H and O–H groups in total. The van der Waals surface area contributed by atoms with Crippen molar-refractivity contribution < 1.29 is 4.79 Å². The average molecular weight is 265 g/mol. The third-order valence-electron chi connectivity index (χ3n) is 3.49. The third kappa shape index (κ3) is 4.02. The number of rotatable bonds is 6. The van der Waals surface area contributed by atoms with Gasteiger partial charge in [0, 0.05) is 6.54 Å². The lowest BCUT2D eigenvalue weighted by molar-refractivity contribution is 0.0948. The summed E-state index contributed by atoms with van der Waals surface area (Å²) in [7, 11) is 0. The zero-order valence-electron chi connectivity index (χ0n) is 11.6. The molecule has 19 heavy (non-hydrogen) atoms. The number of aromatic nitrogens is 3. The van der Waals surface area contributed by atoms with E-state index in [2.05, 4.69) is 27.9 Å². The SMILES string of the molecule is CCCCCNC(=O)c1cn(C2CCNCC2)nn1. The summed E-state index contributed by atoms with van der Waals surface area (Å²) in [6.45, 7) is 4.87. The molecule has 1 aliphatic heterocycles. The zero-order chi connectivity index (χ0) is 13.5. The van der Waals surface area contributed by atoms with Gasteiger partial charge in [-0.2, -0.15) is 0 Å². The van der Waals surface area contributed by atoms with Gasteiger partial charge >= 0.3 is 0 Å². The van der Waals surface area contributed by atoms with Crippen LogP contribution in [0.2, 0.25) is 0 Å². The lowest BCUT2D eigenvalue weighted by Crippen LogP contribution is -2.29. The molecule has 0 saturated carbocycles. The minimum absolute atomic E-state index is 0.115. The van der Waals surface area contributed by atoms with Crippen molar-refractivity contribution in [1.29, 1.82) is 0 Å². The molecule has 2 heterocycles. The highest BCUT2D eigenvalue weighted by atomic mass is 16.2. The summed E-state index contributed by atoms with van der Waals surface area (Å²) < 4.78 is 1.84. The summed E-state index contributed by atoms with van der Waals surface area (Å²) in [4.78, 5) is 11.9. The number of piperidine rings is 1. The molecule has 0 radical (unpaired) electrons. The molecule has 0 bridgehead atoms. The normalized spacial score (nSPS) is 16.5. The molecule has 6 heteroatoms. The fourth-order valence-electron chi connectivity index (χ4n) is 2.30. The summed E-state index contributed by atoms with van der Waals surface area (Å²) in [5.74, 6) is -0.115. The van der Waals surface area contributed by atoms with Crippen LogP contribution in [0.4, 0.5) is 0 Å². The molecule has 0 aromatic carbocycles. The van der Waals surface area contributed by atoms with Crippen LogP contribution in [-0.2, 0) is 0 Å². The Morgan fingerprint density at radius 1 is 1.47 bits per heavy atom. The summed E-state index contributed by atoms with van der Waals surface area (Å²) >= 11 is 0. The van der Waals surface area contributed by atoms with Crippen molar-refractivity contribution in [3.8, 4) is 0 Å². The Labute approximate surface area is 113 Å². The Morgan fingerprint density at radius 2 is 2.26 bits per heavy atom. The van der Waals surface area contributed by atoms with E-state index in [-0.39, 0.29) is 5.91 Å². The minimum atomic E-state index is -0.115. The zero-order valence-corrected chi connectivity index (χ0v) is 11.6. The highest BCUT2D eigenvalue weighted by molar-refractivity contribution is 5.91.